The number of rotatable bonds is 3. The fourth-order valence-corrected chi connectivity index (χ4v) is 1.29. The van der Waals surface area contributed by atoms with E-state index in [0.29, 0.717) is 10.5 Å². The Morgan fingerprint density at radius 2 is 1.61 bits per heavy atom. The molecule has 1 aromatic carbocycles. The highest BCUT2D eigenvalue weighted by Crippen LogP contribution is 2.36. The molecule has 0 bridgehead atoms. The summed E-state index contributed by atoms with van der Waals surface area (Å²) in [6.07, 6.45) is -5.88. The highest BCUT2D eigenvalue weighted by molar-refractivity contribution is 5.84. The van der Waals surface area contributed by atoms with Gasteiger partial charge < -0.3 is 4.90 Å². The minimum absolute atomic E-state index is 0.314. The number of carbonyl (C=O) groups is 1. The molecule has 1 aromatic rings. The first-order valence-corrected chi connectivity index (χ1v) is 4.90. The number of alkyl halides is 5. The van der Waals surface area contributed by atoms with Crippen molar-refractivity contribution in [2.24, 2.45) is 0 Å². The van der Waals surface area contributed by atoms with Crippen molar-refractivity contribution in [1.29, 1.82) is 0 Å². The summed E-state index contributed by atoms with van der Waals surface area (Å²) >= 11 is 0. The molecule has 0 atom stereocenters. The summed E-state index contributed by atoms with van der Waals surface area (Å²) in [4.78, 5) is 11.4. The van der Waals surface area contributed by atoms with Crippen LogP contribution in [0.3, 0.4) is 0 Å². The Morgan fingerprint density at radius 3 is 2.06 bits per heavy atom. The molecule has 1 amide bonds. The number of halogens is 5. The lowest BCUT2D eigenvalue weighted by atomic mass is 10.2. The van der Waals surface area contributed by atoms with Gasteiger partial charge >= 0.3 is 18.0 Å². The van der Waals surface area contributed by atoms with Gasteiger partial charge in [0.1, 0.15) is 0 Å². The van der Waals surface area contributed by atoms with Crippen molar-refractivity contribution in [3.05, 3.63) is 35.9 Å². The van der Waals surface area contributed by atoms with E-state index in [9.17, 15) is 26.7 Å². The number of amides is 1. The Labute approximate surface area is 100 Å². The Balaban J connectivity index is 2.80. The van der Waals surface area contributed by atoms with E-state index in [0.717, 1.165) is 7.05 Å². The maximum atomic E-state index is 12.8. The third-order valence-electron chi connectivity index (χ3n) is 2.23. The van der Waals surface area contributed by atoms with Crippen molar-refractivity contribution in [2.45, 2.75) is 18.6 Å². The van der Waals surface area contributed by atoms with E-state index in [4.69, 9.17) is 0 Å². The van der Waals surface area contributed by atoms with Gasteiger partial charge in [-0.1, -0.05) is 30.3 Å². The largest absolute Gasteiger partial charge is 0.463 e. The normalized spacial score (nSPS) is 12.3. The van der Waals surface area contributed by atoms with E-state index in [1.807, 2.05) is 0 Å². The molecule has 0 fully saturated rings. The first-order valence-electron chi connectivity index (χ1n) is 4.90. The van der Waals surface area contributed by atoms with E-state index in [1.165, 1.54) is 12.1 Å². The predicted molar refractivity (Wildman–Crippen MR) is 53.9 cm³/mol. The zero-order valence-corrected chi connectivity index (χ0v) is 9.34. The van der Waals surface area contributed by atoms with Gasteiger partial charge in [-0.25, -0.2) is 0 Å². The smallest absolute Gasteiger partial charge is 0.336 e. The van der Waals surface area contributed by atoms with Gasteiger partial charge in [0.2, 0.25) is 0 Å². The molecule has 0 aliphatic rings. The van der Waals surface area contributed by atoms with Gasteiger partial charge in [0.15, 0.2) is 0 Å². The summed E-state index contributed by atoms with van der Waals surface area (Å²) in [6, 6.07) is 7.89. The maximum absolute atomic E-state index is 12.8. The van der Waals surface area contributed by atoms with Crippen molar-refractivity contribution in [3.63, 3.8) is 0 Å². The molecule has 0 aromatic heterocycles. The van der Waals surface area contributed by atoms with Crippen LogP contribution in [-0.2, 0) is 11.3 Å². The first kappa shape index (κ1) is 14.4. The third kappa shape index (κ3) is 2.96. The molecule has 100 valence electrons. The number of carbonyl (C=O) groups excluding carboxylic acids is 1. The molecule has 0 unspecified atom stereocenters. The van der Waals surface area contributed by atoms with E-state index < -0.39 is 18.0 Å². The maximum Gasteiger partial charge on any atom is 0.463 e. The van der Waals surface area contributed by atoms with Gasteiger partial charge in [0, 0.05) is 13.6 Å². The van der Waals surface area contributed by atoms with Crippen LogP contribution < -0.4 is 0 Å². The minimum atomic E-state index is -5.88. The monoisotopic (exact) mass is 267 g/mol. The van der Waals surface area contributed by atoms with Crippen LogP contribution >= 0.6 is 0 Å². The number of hydrogen-bond acceptors (Lipinski definition) is 1. The molecule has 7 heteroatoms. The molecule has 0 aliphatic heterocycles. The third-order valence-corrected chi connectivity index (χ3v) is 2.23. The van der Waals surface area contributed by atoms with Gasteiger partial charge in [0.25, 0.3) is 0 Å². The summed E-state index contributed by atoms with van der Waals surface area (Å²) in [5.41, 5.74) is 0.464. The van der Waals surface area contributed by atoms with Crippen LogP contribution in [0, 0.1) is 0 Å². The molecule has 0 aliphatic carbocycles. The second kappa shape index (κ2) is 4.91. The zero-order chi connectivity index (χ0) is 14.0. The van der Waals surface area contributed by atoms with Crippen molar-refractivity contribution in [2.75, 3.05) is 7.05 Å². The number of nitrogens with zero attached hydrogens (tertiary/aromatic N) is 1. The molecular weight excluding hydrogens is 257 g/mol. The first-order chi connectivity index (χ1) is 8.16. The predicted octanol–water partition coefficient (Wildman–Crippen LogP) is 2.84. The molecule has 0 spiro atoms. The molecule has 2 nitrogen and oxygen atoms in total. The topological polar surface area (TPSA) is 20.3 Å². The van der Waals surface area contributed by atoms with Gasteiger partial charge in [0.05, 0.1) is 0 Å². The highest BCUT2D eigenvalue weighted by atomic mass is 19.4. The van der Waals surface area contributed by atoms with Crippen LogP contribution in [0.25, 0.3) is 0 Å². The summed E-state index contributed by atoms with van der Waals surface area (Å²) in [6.45, 7) is -0.314. The van der Waals surface area contributed by atoms with E-state index in [2.05, 4.69) is 0 Å². The van der Waals surface area contributed by atoms with Crippen LogP contribution in [0.4, 0.5) is 22.0 Å². The number of hydrogen-bond donors (Lipinski definition) is 0. The molecule has 0 saturated heterocycles. The van der Waals surface area contributed by atoms with Crippen molar-refractivity contribution < 1.29 is 26.7 Å². The summed E-state index contributed by atoms with van der Waals surface area (Å²) in [5.74, 6) is -7.63. The van der Waals surface area contributed by atoms with Crippen LogP contribution in [0.15, 0.2) is 30.3 Å². The Hall–Kier alpha value is -1.66. The lowest BCUT2D eigenvalue weighted by Gasteiger charge is -2.24. The Kier molecular flexibility index (Phi) is 3.93. The number of benzene rings is 1. The average Bonchev–Trinajstić information content (AvgIpc) is 2.27. The van der Waals surface area contributed by atoms with Crippen LogP contribution in [-0.4, -0.2) is 30.0 Å². The lowest BCUT2D eigenvalue weighted by Crippen LogP contribution is -2.50. The van der Waals surface area contributed by atoms with Gasteiger partial charge in [-0.2, -0.15) is 22.0 Å². The molecule has 0 saturated carbocycles. The lowest BCUT2D eigenvalue weighted by molar-refractivity contribution is -0.274. The Bertz CT molecular complexity index is 415. The van der Waals surface area contributed by atoms with Crippen molar-refractivity contribution in [1.82, 2.24) is 4.90 Å². The van der Waals surface area contributed by atoms with Crippen LogP contribution in [0.5, 0.6) is 0 Å². The van der Waals surface area contributed by atoms with Crippen molar-refractivity contribution in [3.8, 4) is 0 Å². The quantitative estimate of drug-likeness (QED) is 0.771. The summed E-state index contributed by atoms with van der Waals surface area (Å²) < 4.78 is 61.5. The molecule has 18 heavy (non-hydrogen) atoms. The fourth-order valence-electron chi connectivity index (χ4n) is 1.29. The molecule has 0 heterocycles. The SMILES string of the molecule is CN(Cc1ccccc1)C(=O)C(F)(F)C(F)(F)F. The molecule has 0 N–H and O–H groups in total. The highest BCUT2D eigenvalue weighted by Gasteiger charge is 2.64. The van der Waals surface area contributed by atoms with Gasteiger partial charge in [-0.05, 0) is 5.56 Å². The summed E-state index contributed by atoms with van der Waals surface area (Å²) in [7, 11) is 0.898. The van der Waals surface area contributed by atoms with Crippen LogP contribution in [0.2, 0.25) is 0 Å². The van der Waals surface area contributed by atoms with E-state index in [-0.39, 0.29) is 6.54 Å². The van der Waals surface area contributed by atoms with Gasteiger partial charge in [-0.15, -0.1) is 0 Å². The van der Waals surface area contributed by atoms with E-state index >= 15 is 0 Å². The van der Waals surface area contributed by atoms with E-state index in [1.54, 1.807) is 18.2 Å². The fraction of sp³-hybridized carbons (Fsp3) is 0.364. The molecule has 0 radical (unpaired) electrons. The second-order valence-electron chi connectivity index (χ2n) is 3.72. The Morgan fingerprint density at radius 1 is 1.11 bits per heavy atom. The van der Waals surface area contributed by atoms with Crippen LogP contribution in [0.1, 0.15) is 5.56 Å². The zero-order valence-electron chi connectivity index (χ0n) is 9.34. The molecular formula is C11H10F5NO. The second-order valence-corrected chi connectivity index (χ2v) is 3.72. The average molecular weight is 267 g/mol. The summed E-state index contributed by atoms with van der Waals surface area (Å²) in [5, 5.41) is 0. The molecule has 1 rings (SSSR count). The van der Waals surface area contributed by atoms with Gasteiger partial charge in [-0.3, -0.25) is 4.79 Å². The minimum Gasteiger partial charge on any atom is -0.336 e. The van der Waals surface area contributed by atoms with Crippen molar-refractivity contribution >= 4 is 5.91 Å². The standard InChI is InChI=1S/C11H10F5NO/c1-17(7-8-5-3-2-4-6-8)9(18)10(12,13)11(14,15)16/h2-6H,7H2,1H3.